The molecule has 5 rings (SSSR count). The van der Waals surface area contributed by atoms with Gasteiger partial charge in [0.2, 0.25) is 5.91 Å². The van der Waals surface area contributed by atoms with E-state index in [1.54, 1.807) is 53.6 Å². The van der Waals surface area contributed by atoms with Gasteiger partial charge in [-0.05, 0) is 42.0 Å². The van der Waals surface area contributed by atoms with Crippen molar-refractivity contribution in [2.24, 2.45) is 5.92 Å². The van der Waals surface area contributed by atoms with E-state index in [0.717, 1.165) is 11.3 Å². The molecule has 0 N–H and O–H groups in total. The number of nitriles is 1. The zero-order valence-corrected chi connectivity index (χ0v) is 17.2. The van der Waals surface area contributed by atoms with Crippen molar-refractivity contribution in [3.05, 3.63) is 90.0 Å². The smallest absolute Gasteiger partial charge is 0.266 e. The summed E-state index contributed by atoms with van der Waals surface area (Å²) in [7, 11) is 1.53. The summed E-state index contributed by atoms with van der Waals surface area (Å²) in [6, 6.07) is 24.8. The van der Waals surface area contributed by atoms with Crippen LogP contribution in [0.5, 0.6) is 5.75 Å². The van der Waals surface area contributed by atoms with Crippen molar-refractivity contribution >= 4 is 23.2 Å². The first-order valence-electron chi connectivity index (χ1n) is 10.2. The number of ether oxygens (including phenoxy) is 1. The Morgan fingerprint density at radius 1 is 0.906 bits per heavy atom. The van der Waals surface area contributed by atoms with E-state index < -0.39 is 24.0 Å². The van der Waals surface area contributed by atoms with Crippen molar-refractivity contribution in [2.45, 2.75) is 12.1 Å². The molecule has 0 unspecified atom stereocenters. The number of fused-ring (bicyclic) bond motifs is 1. The molecule has 32 heavy (non-hydrogen) atoms. The Morgan fingerprint density at radius 3 is 2.31 bits per heavy atom. The molecule has 3 aromatic carbocycles. The van der Waals surface area contributed by atoms with Gasteiger partial charge in [0.15, 0.2) is 6.10 Å². The number of nitrogens with zero attached hydrogens (tertiary/aromatic N) is 3. The normalized spacial score (nSPS) is 22.1. The molecule has 0 bridgehead atoms. The van der Waals surface area contributed by atoms with E-state index >= 15 is 0 Å². The number of rotatable bonds is 4. The number of anilines is 2. The average Bonchev–Trinajstić information content (AvgIpc) is 3.35. The van der Waals surface area contributed by atoms with Gasteiger partial charge in [-0.15, -0.1) is 0 Å². The summed E-state index contributed by atoms with van der Waals surface area (Å²) in [4.78, 5) is 34.2. The number of methoxy groups -OCH3 is 1. The SMILES string of the molecule is COc1cccc(N2C(=O)[C@H]3[C@@H](ON(c4ccccc4)[C@H]3c3ccc(C#N)cc3)C2=O)c1. The van der Waals surface area contributed by atoms with Gasteiger partial charge in [-0.2, -0.15) is 5.26 Å². The van der Waals surface area contributed by atoms with Crippen molar-refractivity contribution in [2.75, 3.05) is 17.1 Å². The van der Waals surface area contributed by atoms with E-state index in [2.05, 4.69) is 6.07 Å². The molecule has 2 aliphatic rings. The number of amides is 2. The molecule has 3 aromatic rings. The minimum absolute atomic E-state index is 0.332. The summed E-state index contributed by atoms with van der Waals surface area (Å²) < 4.78 is 5.25. The van der Waals surface area contributed by atoms with Gasteiger partial charge in [0.05, 0.1) is 36.2 Å². The van der Waals surface area contributed by atoms with E-state index in [1.165, 1.54) is 12.0 Å². The van der Waals surface area contributed by atoms with Gasteiger partial charge in [0, 0.05) is 6.07 Å². The number of imide groups is 1. The second-order valence-corrected chi connectivity index (χ2v) is 7.61. The molecule has 7 nitrogen and oxygen atoms in total. The Morgan fingerprint density at radius 2 is 1.62 bits per heavy atom. The molecule has 7 heteroatoms. The zero-order chi connectivity index (χ0) is 22.2. The standard InChI is InChI=1S/C25H19N3O4/c1-31-20-9-5-8-19(14-20)27-24(29)21-22(17-12-10-16(15-26)11-13-17)28(32-23(21)25(27)30)18-6-3-2-4-7-18/h2-14,21-23H,1H3/t21-,22+,23-/m1/s1. The topological polar surface area (TPSA) is 82.9 Å². The fourth-order valence-corrected chi connectivity index (χ4v) is 4.31. The van der Waals surface area contributed by atoms with Crippen LogP contribution in [0, 0.1) is 17.2 Å². The third-order valence-corrected chi connectivity index (χ3v) is 5.82. The summed E-state index contributed by atoms with van der Waals surface area (Å²) in [5, 5.41) is 10.8. The molecular formula is C25H19N3O4. The maximum atomic E-state index is 13.6. The molecule has 0 radical (unpaired) electrons. The maximum Gasteiger partial charge on any atom is 0.266 e. The Balaban J connectivity index is 1.58. The van der Waals surface area contributed by atoms with Gasteiger partial charge in [-0.3, -0.25) is 14.4 Å². The van der Waals surface area contributed by atoms with Crippen LogP contribution in [0.1, 0.15) is 17.2 Å². The van der Waals surface area contributed by atoms with Gasteiger partial charge in [-0.25, -0.2) is 9.96 Å². The summed E-state index contributed by atoms with van der Waals surface area (Å²) in [5.41, 5.74) is 2.49. The Kier molecular flexibility index (Phi) is 4.85. The van der Waals surface area contributed by atoms with E-state index in [-0.39, 0.29) is 5.91 Å². The van der Waals surface area contributed by atoms with Crippen LogP contribution in [-0.4, -0.2) is 25.0 Å². The van der Waals surface area contributed by atoms with E-state index in [1.807, 2.05) is 30.3 Å². The first-order valence-corrected chi connectivity index (χ1v) is 10.2. The Labute approximate surface area is 185 Å². The lowest BCUT2D eigenvalue weighted by Crippen LogP contribution is -2.37. The van der Waals surface area contributed by atoms with Crippen LogP contribution in [0.4, 0.5) is 11.4 Å². The first kappa shape index (κ1) is 19.8. The monoisotopic (exact) mass is 425 g/mol. The lowest BCUT2D eigenvalue weighted by atomic mass is 9.90. The highest BCUT2D eigenvalue weighted by Gasteiger charge is 2.60. The molecule has 0 aromatic heterocycles. The van der Waals surface area contributed by atoms with E-state index in [9.17, 15) is 9.59 Å². The van der Waals surface area contributed by atoms with Crippen molar-refractivity contribution in [3.8, 4) is 11.8 Å². The van der Waals surface area contributed by atoms with Gasteiger partial charge >= 0.3 is 0 Å². The highest BCUT2D eigenvalue weighted by molar-refractivity contribution is 6.24. The summed E-state index contributed by atoms with van der Waals surface area (Å²) in [5.74, 6) is -0.927. The summed E-state index contributed by atoms with van der Waals surface area (Å²) in [6.07, 6.45) is -0.949. The van der Waals surface area contributed by atoms with Gasteiger partial charge < -0.3 is 4.74 Å². The molecule has 2 saturated heterocycles. The first-order chi connectivity index (χ1) is 15.6. The lowest BCUT2D eigenvalue weighted by Gasteiger charge is -2.28. The average molecular weight is 425 g/mol. The molecular weight excluding hydrogens is 406 g/mol. The quantitative estimate of drug-likeness (QED) is 0.594. The fraction of sp³-hybridized carbons (Fsp3) is 0.160. The van der Waals surface area contributed by atoms with Crippen molar-refractivity contribution in [1.82, 2.24) is 0 Å². The van der Waals surface area contributed by atoms with Crippen LogP contribution in [-0.2, 0) is 14.4 Å². The molecule has 2 aliphatic heterocycles. The third-order valence-electron chi connectivity index (χ3n) is 5.82. The number of hydroxylamine groups is 1. The number of benzene rings is 3. The summed E-state index contributed by atoms with van der Waals surface area (Å²) >= 11 is 0. The number of hydrogen-bond donors (Lipinski definition) is 0. The highest BCUT2D eigenvalue weighted by atomic mass is 16.7. The molecule has 3 atom stereocenters. The van der Waals surface area contributed by atoms with Crippen molar-refractivity contribution in [3.63, 3.8) is 0 Å². The lowest BCUT2D eigenvalue weighted by molar-refractivity contribution is -0.126. The largest absolute Gasteiger partial charge is 0.497 e. The van der Waals surface area contributed by atoms with E-state index in [0.29, 0.717) is 17.0 Å². The molecule has 158 valence electrons. The Hall–Kier alpha value is -4.15. The van der Waals surface area contributed by atoms with Gasteiger partial charge in [0.1, 0.15) is 11.7 Å². The van der Waals surface area contributed by atoms with Crippen molar-refractivity contribution < 1.29 is 19.2 Å². The minimum atomic E-state index is -0.949. The second-order valence-electron chi connectivity index (χ2n) is 7.61. The predicted molar refractivity (Wildman–Crippen MR) is 117 cm³/mol. The second kappa shape index (κ2) is 7.84. The van der Waals surface area contributed by atoms with Gasteiger partial charge in [-0.1, -0.05) is 36.4 Å². The number of carbonyl (C=O) groups is 2. The Bertz CT molecular complexity index is 1220. The van der Waals surface area contributed by atoms with E-state index in [4.69, 9.17) is 14.8 Å². The van der Waals surface area contributed by atoms with Crippen LogP contribution in [0.15, 0.2) is 78.9 Å². The number of hydrogen-bond acceptors (Lipinski definition) is 6. The zero-order valence-electron chi connectivity index (χ0n) is 17.2. The number of para-hydroxylation sites is 1. The number of carbonyl (C=O) groups excluding carboxylic acids is 2. The van der Waals surface area contributed by atoms with Crippen LogP contribution in [0.3, 0.4) is 0 Å². The molecule has 0 aliphatic carbocycles. The third kappa shape index (κ3) is 3.09. The molecule has 2 amide bonds. The summed E-state index contributed by atoms with van der Waals surface area (Å²) in [6.45, 7) is 0. The molecule has 2 heterocycles. The van der Waals surface area contributed by atoms with Crippen molar-refractivity contribution in [1.29, 1.82) is 5.26 Å². The molecule has 0 spiro atoms. The fourth-order valence-electron chi connectivity index (χ4n) is 4.31. The maximum absolute atomic E-state index is 13.6. The molecule has 0 saturated carbocycles. The van der Waals surface area contributed by atoms with Crippen LogP contribution in [0.25, 0.3) is 0 Å². The van der Waals surface area contributed by atoms with Crippen LogP contribution >= 0.6 is 0 Å². The highest BCUT2D eigenvalue weighted by Crippen LogP contribution is 2.47. The van der Waals surface area contributed by atoms with Crippen LogP contribution < -0.4 is 14.7 Å². The van der Waals surface area contributed by atoms with Crippen LogP contribution in [0.2, 0.25) is 0 Å². The molecule has 2 fully saturated rings. The minimum Gasteiger partial charge on any atom is -0.497 e. The predicted octanol–water partition coefficient (Wildman–Crippen LogP) is 3.62. The van der Waals surface area contributed by atoms with Gasteiger partial charge in [0.25, 0.3) is 5.91 Å².